The Morgan fingerprint density at radius 3 is 2.42 bits per heavy atom. The van der Waals surface area contributed by atoms with Crippen LogP contribution in [0.1, 0.15) is 52.4 Å². The second kappa shape index (κ2) is 8.47. The first-order valence-corrected chi connectivity index (χ1v) is 10.0. The summed E-state index contributed by atoms with van der Waals surface area (Å²) < 4.78 is 6.84. The van der Waals surface area contributed by atoms with E-state index >= 15 is 0 Å². The molecule has 0 unspecified atom stereocenters. The van der Waals surface area contributed by atoms with Crippen molar-refractivity contribution in [3.63, 3.8) is 0 Å². The first-order chi connectivity index (χ1) is 14.9. The van der Waals surface area contributed by atoms with Gasteiger partial charge < -0.3 is 20.8 Å². The molecular weight excluding hydrogens is 400 g/mol. The Labute approximate surface area is 177 Å². The number of amides is 2. The Morgan fingerprint density at radius 2 is 1.74 bits per heavy atom. The van der Waals surface area contributed by atoms with Crippen LogP contribution in [0, 0.1) is 0 Å². The summed E-state index contributed by atoms with van der Waals surface area (Å²) in [5.41, 5.74) is 7.31. The number of primary amides is 1. The Hall–Kier alpha value is -3.88. The minimum atomic E-state index is -0.671. The summed E-state index contributed by atoms with van der Waals surface area (Å²) in [6.45, 7) is -0.478. The summed E-state index contributed by atoms with van der Waals surface area (Å²) in [4.78, 5) is 50.6. The molecule has 4 rings (SSSR count). The number of rotatable bonds is 6. The highest BCUT2D eigenvalue weighted by Gasteiger charge is 2.22. The van der Waals surface area contributed by atoms with Crippen molar-refractivity contribution < 1.29 is 19.1 Å². The van der Waals surface area contributed by atoms with E-state index in [1.54, 1.807) is 22.8 Å². The molecule has 3 aromatic rings. The molecule has 0 radical (unpaired) electrons. The van der Waals surface area contributed by atoms with Crippen molar-refractivity contribution in [2.45, 2.75) is 31.7 Å². The van der Waals surface area contributed by atoms with Gasteiger partial charge in [0.25, 0.3) is 5.91 Å². The van der Waals surface area contributed by atoms with Gasteiger partial charge in [0.2, 0.25) is 5.91 Å². The molecule has 1 fully saturated rings. The summed E-state index contributed by atoms with van der Waals surface area (Å²) in [6.07, 6.45) is 4.14. The van der Waals surface area contributed by atoms with Crippen molar-refractivity contribution >= 4 is 34.5 Å². The third-order valence-corrected chi connectivity index (χ3v) is 5.43. The highest BCUT2D eigenvalue weighted by atomic mass is 16.5. The normalized spacial score (nSPS) is 13.9. The van der Waals surface area contributed by atoms with Crippen LogP contribution in [0.2, 0.25) is 0 Å². The molecule has 160 valence electrons. The van der Waals surface area contributed by atoms with Crippen molar-refractivity contribution in [2.75, 3.05) is 11.9 Å². The summed E-state index contributed by atoms with van der Waals surface area (Å²) in [6, 6.07) is 11.1. The van der Waals surface area contributed by atoms with Gasteiger partial charge in [0, 0.05) is 17.3 Å². The number of hydrogen-bond acceptors (Lipinski definition) is 5. The molecule has 1 aromatic heterocycles. The average Bonchev–Trinajstić information content (AvgIpc) is 3.38. The van der Waals surface area contributed by atoms with Gasteiger partial charge in [0.15, 0.2) is 6.61 Å². The maximum atomic E-state index is 12.4. The molecule has 2 amide bonds. The van der Waals surface area contributed by atoms with Gasteiger partial charge in [0.05, 0.1) is 16.6 Å². The fourth-order valence-electron chi connectivity index (χ4n) is 3.91. The monoisotopic (exact) mass is 422 g/mol. The third-order valence-electron chi connectivity index (χ3n) is 5.43. The van der Waals surface area contributed by atoms with Gasteiger partial charge in [-0.05, 0) is 55.3 Å². The number of esters is 1. The van der Waals surface area contributed by atoms with Gasteiger partial charge in [0.1, 0.15) is 0 Å². The number of anilines is 1. The maximum absolute atomic E-state index is 12.4. The van der Waals surface area contributed by atoms with Crippen LogP contribution in [0.25, 0.3) is 11.0 Å². The minimum Gasteiger partial charge on any atom is -0.452 e. The number of nitrogens with two attached hydrogens (primary N) is 1. The number of carbonyl (C=O) groups is 3. The first kappa shape index (κ1) is 20.4. The molecular formula is C22H22N4O5. The highest BCUT2D eigenvalue weighted by Crippen LogP contribution is 2.30. The summed E-state index contributed by atoms with van der Waals surface area (Å²) in [5.74, 6) is -1.76. The number of imidazole rings is 1. The fraction of sp³-hybridized carbons (Fsp3) is 0.273. The molecule has 0 atom stereocenters. The molecule has 1 aliphatic carbocycles. The molecule has 1 saturated carbocycles. The molecule has 9 nitrogen and oxygen atoms in total. The van der Waals surface area contributed by atoms with Gasteiger partial charge in [-0.15, -0.1) is 0 Å². The number of aromatic amines is 1. The summed E-state index contributed by atoms with van der Waals surface area (Å²) in [7, 11) is 0. The second-order valence-electron chi connectivity index (χ2n) is 7.54. The van der Waals surface area contributed by atoms with E-state index in [-0.39, 0.29) is 17.3 Å². The molecule has 0 bridgehead atoms. The van der Waals surface area contributed by atoms with Gasteiger partial charge >= 0.3 is 11.7 Å². The van der Waals surface area contributed by atoms with E-state index in [4.69, 9.17) is 10.5 Å². The lowest BCUT2D eigenvalue weighted by atomic mass is 10.2. The van der Waals surface area contributed by atoms with Gasteiger partial charge in [-0.25, -0.2) is 9.59 Å². The largest absolute Gasteiger partial charge is 0.452 e. The highest BCUT2D eigenvalue weighted by molar-refractivity contribution is 5.98. The lowest BCUT2D eigenvalue weighted by Gasteiger charge is -2.11. The van der Waals surface area contributed by atoms with E-state index in [9.17, 15) is 19.2 Å². The molecule has 0 spiro atoms. The summed E-state index contributed by atoms with van der Waals surface area (Å²) in [5, 5.41) is 2.57. The molecule has 0 saturated heterocycles. The van der Waals surface area contributed by atoms with E-state index < -0.39 is 24.4 Å². The van der Waals surface area contributed by atoms with Gasteiger partial charge in [-0.3, -0.25) is 14.2 Å². The number of carbonyl (C=O) groups excluding carboxylic acids is 3. The predicted octanol–water partition coefficient (Wildman–Crippen LogP) is 2.34. The molecule has 1 heterocycles. The topological polar surface area (TPSA) is 136 Å². The number of fused-ring (bicyclic) bond motifs is 1. The van der Waals surface area contributed by atoms with Gasteiger partial charge in [-0.1, -0.05) is 12.8 Å². The van der Waals surface area contributed by atoms with Crippen molar-refractivity contribution in [1.29, 1.82) is 0 Å². The van der Waals surface area contributed by atoms with E-state index in [0.29, 0.717) is 16.8 Å². The zero-order valence-electron chi connectivity index (χ0n) is 16.7. The standard InChI is InChI=1S/C22H22N4O5/c23-20(28)13-5-8-15(9-6-13)24-19(27)12-31-21(29)14-7-10-18-17(11-14)25-22(30)26(18)16-3-1-2-4-16/h5-11,16H,1-4,12H2,(H2,23,28)(H,24,27)(H,25,30). The zero-order chi connectivity index (χ0) is 22.0. The van der Waals surface area contributed by atoms with Crippen LogP contribution in [-0.2, 0) is 9.53 Å². The fourth-order valence-corrected chi connectivity index (χ4v) is 3.91. The lowest BCUT2D eigenvalue weighted by Crippen LogP contribution is -2.21. The number of nitrogens with zero attached hydrogens (tertiary/aromatic N) is 1. The molecule has 4 N–H and O–H groups in total. The Bertz CT molecular complexity index is 1200. The zero-order valence-corrected chi connectivity index (χ0v) is 16.7. The predicted molar refractivity (Wildman–Crippen MR) is 114 cm³/mol. The number of aromatic nitrogens is 2. The average molecular weight is 422 g/mol. The quantitative estimate of drug-likeness (QED) is 0.524. The number of H-pyrrole nitrogens is 1. The first-order valence-electron chi connectivity index (χ1n) is 10.0. The third kappa shape index (κ3) is 4.35. The SMILES string of the molecule is NC(=O)c1ccc(NC(=O)COC(=O)c2ccc3c(c2)[nH]c(=O)n3C2CCCC2)cc1. The van der Waals surface area contributed by atoms with E-state index in [2.05, 4.69) is 10.3 Å². The van der Waals surface area contributed by atoms with Crippen molar-refractivity contribution in [2.24, 2.45) is 5.73 Å². The van der Waals surface area contributed by atoms with E-state index in [1.165, 1.54) is 24.3 Å². The second-order valence-corrected chi connectivity index (χ2v) is 7.54. The lowest BCUT2D eigenvalue weighted by molar-refractivity contribution is -0.119. The minimum absolute atomic E-state index is 0.180. The van der Waals surface area contributed by atoms with Crippen LogP contribution < -0.4 is 16.7 Å². The van der Waals surface area contributed by atoms with Crippen LogP contribution in [0.5, 0.6) is 0 Å². The molecule has 1 aliphatic rings. The number of benzene rings is 2. The molecule has 0 aliphatic heterocycles. The van der Waals surface area contributed by atoms with E-state index in [1.807, 2.05) is 0 Å². The number of hydrogen-bond donors (Lipinski definition) is 3. The maximum Gasteiger partial charge on any atom is 0.338 e. The van der Waals surface area contributed by atoms with E-state index in [0.717, 1.165) is 31.2 Å². The Morgan fingerprint density at radius 1 is 1.06 bits per heavy atom. The summed E-state index contributed by atoms with van der Waals surface area (Å²) >= 11 is 0. The van der Waals surface area contributed by atoms with Crippen LogP contribution in [0.3, 0.4) is 0 Å². The molecule has 9 heteroatoms. The van der Waals surface area contributed by atoms with Crippen LogP contribution in [0.15, 0.2) is 47.3 Å². The smallest absolute Gasteiger partial charge is 0.338 e. The number of nitrogens with one attached hydrogen (secondary N) is 2. The van der Waals surface area contributed by atoms with Crippen molar-refractivity contribution in [3.05, 3.63) is 64.1 Å². The Balaban J connectivity index is 1.39. The molecule has 2 aromatic carbocycles. The Kier molecular flexibility index (Phi) is 5.57. The van der Waals surface area contributed by atoms with Crippen molar-refractivity contribution in [3.8, 4) is 0 Å². The van der Waals surface area contributed by atoms with Crippen molar-refractivity contribution in [1.82, 2.24) is 9.55 Å². The van der Waals surface area contributed by atoms with Crippen LogP contribution in [-0.4, -0.2) is 33.9 Å². The van der Waals surface area contributed by atoms with Crippen LogP contribution in [0.4, 0.5) is 5.69 Å². The number of ether oxygens (including phenoxy) is 1. The van der Waals surface area contributed by atoms with Crippen LogP contribution >= 0.6 is 0 Å². The molecule has 31 heavy (non-hydrogen) atoms. The van der Waals surface area contributed by atoms with Gasteiger partial charge in [-0.2, -0.15) is 0 Å².